The molecule has 0 spiro atoms. The minimum Gasteiger partial charge on any atom is -0.351 e. The van der Waals surface area contributed by atoms with Gasteiger partial charge in [-0.05, 0) is 24.4 Å². The maximum atomic E-state index is 11.4. The Bertz CT molecular complexity index is 287. The van der Waals surface area contributed by atoms with Gasteiger partial charge in [-0.2, -0.15) is 0 Å². The normalized spacial score (nSPS) is 10.0. The summed E-state index contributed by atoms with van der Waals surface area (Å²) in [6.45, 7) is 1.18. The number of nitrogens with one attached hydrogen (secondary N) is 1. The molecule has 1 aromatic rings. The topological polar surface area (TPSA) is 55.1 Å². The molecule has 13 heavy (non-hydrogen) atoms. The largest absolute Gasteiger partial charge is 0.351 e. The molecule has 5 heteroatoms. The molecule has 0 atom stereocenters. The molecule has 1 amide bonds. The fraction of sp³-hybridized carbons (Fsp3) is 0.375. The number of nitrogens with two attached hydrogens (primary N) is 1. The van der Waals surface area contributed by atoms with Crippen molar-refractivity contribution in [2.24, 2.45) is 5.73 Å². The first kappa shape index (κ1) is 10.5. The van der Waals surface area contributed by atoms with E-state index in [1.54, 1.807) is 11.4 Å². The van der Waals surface area contributed by atoms with Crippen LogP contribution in [0.3, 0.4) is 0 Å². The molecule has 1 rings (SSSR count). The van der Waals surface area contributed by atoms with Gasteiger partial charge in [-0.3, -0.25) is 4.79 Å². The summed E-state index contributed by atoms with van der Waals surface area (Å²) in [5, 5.41) is 5.04. The first-order valence-electron chi connectivity index (χ1n) is 3.97. The molecule has 0 aromatic carbocycles. The molecule has 0 aliphatic rings. The van der Waals surface area contributed by atoms with Gasteiger partial charge in [0.25, 0.3) is 5.91 Å². The number of thiophene rings is 1. The van der Waals surface area contributed by atoms with Gasteiger partial charge in [0.1, 0.15) is 4.88 Å². The zero-order chi connectivity index (χ0) is 9.68. The molecule has 0 unspecified atom stereocenters. The van der Waals surface area contributed by atoms with E-state index in [9.17, 15) is 4.79 Å². The Labute approximate surface area is 85.9 Å². The van der Waals surface area contributed by atoms with E-state index in [4.69, 9.17) is 17.3 Å². The van der Waals surface area contributed by atoms with E-state index < -0.39 is 0 Å². The molecule has 72 valence electrons. The molecule has 0 aliphatic carbocycles. The molecule has 0 saturated carbocycles. The van der Waals surface area contributed by atoms with Gasteiger partial charge in [0.2, 0.25) is 0 Å². The fourth-order valence-corrected chi connectivity index (χ4v) is 1.90. The Hall–Kier alpha value is -0.580. The van der Waals surface area contributed by atoms with Gasteiger partial charge in [0, 0.05) is 6.54 Å². The van der Waals surface area contributed by atoms with Crippen LogP contribution in [0.15, 0.2) is 11.4 Å². The summed E-state index contributed by atoms with van der Waals surface area (Å²) in [5.74, 6) is -0.117. The lowest BCUT2D eigenvalue weighted by molar-refractivity contribution is 0.0957. The number of carbonyl (C=O) groups excluding carboxylic acids is 1. The third-order valence-corrected chi connectivity index (χ3v) is 2.83. The van der Waals surface area contributed by atoms with Crippen LogP contribution >= 0.6 is 22.9 Å². The van der Waals surface area contributed by atoms with Crippen LogP contribution < -0.4 is 11.1 Å². The number of hydrogen-bond acceptors (Lipinski definition) is 3. The predicted octanol–water partition coefficient (Wildman–Crippen LogP) is 1.48. The summed E-state index contributed by atoms with van der Waals surface area (Å²) in [4.78, 5) is 11.9. The van der Waals surface area contributed by atoms with Crippen molar-refractivity contribution in [2.45, 2.75) is 6.42 Å². The molecule has 0 bridgehead atoms. The van der Waals surface area contributed by atoms with Crippen molar-refractivity contribution in [1.29, 1.82) is 0 Å². The van der Waals surface area contributed by atoms with Crippen LogP contribution in [-0.2, 0) is 0 Å². The highest BCUT2D eigenvalue weighted by molar-refractivity contribution is 7.12. The molecule has 0 aliphatic heterocycles. The summed E-state index contributed by atoms with van der Waals surface area (Å²) >= 11 is 7.11. The van der Waals surface area contributed by atoms with Crippen LogP contribution in [0.25, 0.3) is 0 Å². The molecule has 1 heterocycles. The first-order valence-corrected chi connectivity index (χ1v) is 5.22. The van der Waals surface area contributed by atoms with Crippen molar-refractivity contribution in [3.8, 4) is 0 Å². The number of carbonyl (C=O) groups is 1. The van der Waals surface area contributed by atoms with Gasteiger partial charge in [-0.1, -0.05) is 11.6 Å². The van der Waals surface area contributed by atoms with E-state index in [0.717, 1.165) is 6.42 Å². The van der Waals surface area contributed by atoms with Crippen molar-refractivity contribution in [3.63, 3.8) is 0 Å². The Balaban J connectivity index is 2.45. The first-order chi connectivity index (χ1) is 6.25. The smallest absolute Gasteiger partial charge is 0.262 e. The fourth-order valence-electron chi connectivity index (χ4n) is 0.840. The minimum atomic E-state index is -0.117. The van der Waals surface area contributed by atoms with Crippen molar-refractivity contribution < 1.29 is 4.79 Å². The predicted molar refractivity (Wildman–Crippen MR) is 55.3 cm³/mol. The molecule has 0 fully saturated rings. The van der Waals surface area contributed by atoms with Crippen molar-refractivity contribution in [1.82, 2.24) is 5.32 Å². The monoisotopic (exact) mass is 218 g/mol. The molecule has 0 radical (unpaired) electrons. The third kappa shape index (κ3) is 2.99. The second kappa shape index (κ2) is 5.21. The van der Waals surface area contributed by atoms with E-state index in [1.165, 1.54) is 11.3 Å². The van der Waals surface area contributed by atoms with E-state index in [0.29, 0.717) is 23.0 Å². The Morgan fingerprint density at radius 2 is 2.46 bits per heavy atom. The highest BCUT2D eigenvalue weighted by Gasteiger charge is 2.10. The van der Waals surface area contributed by atoms with E-state index >= 15 is 0 Å². The lowest BCUT2D eigenvalue weighted by atomic mass is 10.4. The lowest BCUT2D eigenvalue weighted by Gasteiger charge is -2.01. The minimum absolute atomic E-state index is 0.117. The molecule has 3 N–H and O–H groups in total. The average Bonchev–Trinajstić information content (AvgIpc) is 2.52. The number of halogens is 1. The van der Waals surface area contributed by atoms with Crippen LogP contribution in [0, 0.1) is 0 Å². The highest BCUT2D eigenvalue weighted by Crippen LogP contribution is 2.21. The third-order valence-electron chi connectivity index (χ3n) is 1.49. The quantitative estimate of drug-likeness (QED) is 0.753. The van der Waals surface area contributed by atoms with Crippen LogP contribution in [0.5, 0.6) is 0 Å². The number of rotatable bonds is 4. The van der Waals surface area contributed by atoms with Gasteiger partial charge in [-0.25, -0.2) is 0 Å². The molecular weight excluding hydrogens is 208 g/mol. The Kier molecular flexibility index (Phi) is 4.21. The second-order valence-corrected chi connectivity index (χ2v) is 3.82. The highest BCUT2D eigenvalue weighted by atomic mass is 35.5. The molecular formula is C8H11ClN2OS. The maximum absolute atomic E-state index is 11.4. The molecule has 3 nitrogen and oxygen atoms in total. The van der Waals surface area contributed by atoms with Crippen molar-refractivity contribution in [3.05, 3.63) is 21.3 Å². The molecule has 0 saturated heterocycles. The SMILES string of the molecule is NCCCNC(=O)c1sccc1Cl. The van der Waals surface area contributed by atoms with Gasteiger partial charge < -0.3 is 11.1 Å². The van der Waals surface area contributed by atoms with Crippen LogP contribution in [0.4, 0.5) is 0 Å². The van der Waals surface area contributed by atoms with Gasteiger partial charge in [-0.15, -0.1) is 11.3 Å². The summed E-state index contributed by atoms with van der Waals surface area (Å²) in [5.41, 5.74) is 5.29. The van der Waals surface area contributed by atoms with Crippen LogP contribution in [0.2, 0.25) is 5.02 Å². The number of hydrogen-bond donors (Lipinski definition) is 2. The zero-order valence-electron chi connectivity index (χ0n) is 7.05. The van der Waals surface area contributed by atoms with E-state index in [-0.39, 0.29) is 5.91 Å². The second-order valence-electron chi connectivity index (χ2n) is 2.50. The Morgan fingerprint density at radius 3 is 3.00 bits per heavy atom. The number of amides is 1. The van der Waals surface area contributed by atoms with Crippen molar-refractivity contribution in [2.75, 3.05) is 13.1 Å². The van der Waals surface area contributed by atoms with Crippen molar-refractivity contribution >= 4 is 28.8 Å². The summed E-state index contributed by atoms with van der Waals surface area (Å²) in [6, 6.07) is 1.71. The maximum Gasteiger partial charge on any atom is 0.262 e. The van der Waals surface area contributed by atoms with Gasteiger partial charge in [0.05, 0.1) is 5.02 Å². The lowest BCUT2D eigenvalue weighted by Crippen LogP contribution is -2.25. The van der Waals surface area contributed by atoms with Crippen LogP contribution in [0.1, 0.15) is 16.1 Å². The summed E-state index contributed by atoms with van der Waals surface area (Å²) < 4.78 is 0. The Morgan fingerprint density at radius 1 is 1.69 bits per heavy atom. The molecule has 1 aromatic heterocycles. The van der Waals surface area contributed by atoms with E-state index in [1.807, 2.05) is 0 Å². The van der Waals surface area contributed by atoms with E-state index in [2.05, 4.69) is 5.32 Å². The zero-order valence-corrected chi connectivity index (χ0v) is 8.62. The summed E-state index contributed by atoms with van der Waals surface area (Å²) in [7, 11) is 0. The average molecular weight is 219 g/mol. The van der Waals surface area contributed by atoms with Gasteiger partial charge in [0.15, 0.2) is 0 Å². The summed E-state index contributed by atoms with van der Waals surface area (Å²) in [6.07, 6.45) is 0.786. The van der Waals surface area contributed by atoms with Crippen LogP contribution in [-0.4, -0.2) is 19.0 Å². The van der Waals surface area contributed by atoms with Gasteiger partial charge >= 0.3 is 0 Å². The standard InChI is InChI=1S/C8H11ClN2OS/c9-6-2-5-13-7(6)8(12)11-4-1-3-10/h2,5H,1,3-4,10H2,(H,11,12).